The van der Waals surface area contributed by atoms with Crippen molar-refractivity contribution in [3.8, 4) is 0 Å². The van der Waals surface area contributed by atoms with Gasteiger partial charge >= 0.3 is 0 Å². The molecule has 2 aromatic rings. The normalized spacial score (nSPS) is 9.75. The fourth-order valence-electron chi connectivity index (χ4n) is 1.07. The van der Waals surface area contributed by atoms with Crippen molar-refractivity contribution >= 4 is 27.5 Å². The Kier molecular flexibility index (Phi) is 5.55. The second kappa shape index (κ2) is 6.70. The summed E-state index contributed by atoms with van der Waals surface area (Å²) >= 11 is 8.76. The first-order chi connectivity index (χ1) is 7.65. The highest BCUT2D eigenvalue weighted by Crippen LogP contribution is 1.99. The van der Waals surface area contributed by atoms with Crippen LogP contribution in [0.25, 0.3) is 0 Å². The van der Waals surface area contributed by atoms with Gasteiger partial charge in [0.15, 0.2) is 0 Å². The van der Waals surface area contributed by atoms with E-state index in [1.165, 1.54) is 0 Å². The van der Waals surface area contributed by atoms with E-state index in [4.69, 9.17) is 11.6 Å². The standard InChI is InChI=1S/C5H7BrN2.C5H7ClN2/c2*1-8-3-2-5(4-6)7-8/h2*2-3H,4H2,1H3. The Morgan fingerprint density at radius 1 is 1.12 bits per heavy atom. The topological polar surface area (TPSA) is 35.6 Å². The van der Waals surface area contributed by atoms with E-state index in [1.54, 1.807) is 9.36 Å². The number of aromatic nitrogens is 4. The summed E-state index contributed by atoms with van der Waals surface area (Å²) in [4.78, 5) is 0. The third kappa shape index (κ3) is 4.37. The van der Waals surface area contributed by atoms with Crippen molar-refractivity contribution < 1.29 is 0 Å². The smallest absolute Gasteiger partial charge is 0.0772 e. The van der Waals surface area contributed by atoms with E-state index in [0.29, 0.717) is 5.88 Å². The maximum absolute atomic E-state index is 5.46. The van der Waals surface area contributed by atoms with Crippen molar-refractivity contribution in [2.24, 2.45) is 14.1 Å². The summed E-state index contributed by atoms with van der Waals surface area (Å²) in [7, 11) is 3.78. The molecule has 0 saturated carbocycles. The SMILES string of the molecule is Cn1ccc(CBr)n1.Cn1ccc(CCl)n1. The molecule has 0 aliphatic rings. The number of halogens is 2. The number of hydrogen-bond acceptors (Lipinski definition) is 2. The Hall–Kier alpha value is -0.810. The molecule has 0 radical (unpaired) electrons. The highest BCUT2D eigenvalue weighted by molar-refractivity contribution is 9.08. The van der Waals surface area contributed by atoms with Gasteiger partial charge in [-0.25, -0.2) is 0 Å². The molecule has 0 unspecified atom stereocenters. The van der Waals surface area contributed by atoms with E-state index in [0.717, 1.165) is 16.7 Å². The van der Waals surface area contributed by atoms with Gasteiger partial charge in [0.2, 0.25) is 0 Å². The van der Waals surface area contributed by atoms with Gasteiger partial charge in [0.1, 0.15) is 0 Å². The van der Waals surface area contributed by atoms with Gasteiger partial charge in [-0.3, -0.25) is 9.36 Å². The summed E-state index contributed by atoms with van der Waals surface area (Å²) in [6, 6.07) is 3.88. The number of hydrogen-bond donors (Lipinski definition) is 0. The first-order valence-electron chi connectivity index (χ1n) is 4.74. The molecule has 0 spiro atoms. The first-order valence-corrected chi connectivity index (χ1v) is 6.40. The van der Waals surface area contributed by atoms with Crippen molar-refractivity contribution in [2.75, 3.05) is 0 Å². The minimum absolute atomic E-state index is 0.501. The van der Waals surface area contributed by atoms with Crippen LogP contribution in [0.4, 0.5) is 0 Å². The van der Waals surface area contributed by atoms with Gasteiger partial charge in [-0.2, -0.15) is 10.2 Å². The molecule has 4 nitrogen and oxygen atoms in total. The summed E-state index contributed by atoms with van der Waals surface area (Å²) < 4.78 is 3.52. The largest absolute Gasteiger partial charge is 0.276 e. The third-order valence-corrected chi connectivity index (χ3v) is 2.66. The maximum Gasteiger partial charge on any atom is 0.0772 e. The Balaban J connectivity index is 0.000000160. The van der Waals surface area contributed by atoms with Crippen LogP contribution >= 0.6 is 27.5 Å². The molecule has 2 rings (SSSR count). The molecule has 0 aliphatic heterocycles. The van der Waals surface area contributed by atoms with Crippen LogP contribution in [-0.2, 0) is 25.3 Å². The molecule has 0 aliphatic carbocycles. The fourth-order valence-corrected chi connectivity index (χ4v) is 1.51. The fraction of sp³-hybridized carbons (Fsp3) is 0.400. The Morgan fingerprint density at radius 2 is 1.62 bits per heavy atom. The monoisotopic (exact) mass is 304 g/mol. The lowest BCUT2D eigenvalue weighted by Crippen LogP contribution is -1.87. The number of rotatable bonds is 2. The Labute approximate surface area is 108 Å². The zero-order valence-corrected chi connectivity index (χ0v) is 11.6. The average molecular weight is 306 g/mol. The average Bonchev–Trinajstić information content (AvgIpc) is 2.88. The van der Waals surface area contributed by atoms with Gasteiger partial charge < -0.3 is 0 Å². The van der Waals surface area contributed by atoms with Crippen LogP contribution in [0.3, 0.4) is 0 Å². The zero-order valence-electron chi connectivity index (χ0n) is 9.27. The van der Waals surface area contributed by atoms with Gasteiger partial charge in [-0.1, -0.05) is 15.9 Å². The molecule has 0 amide bonds. The van der Waals surface area contributed by atoms with Gasteiger partial charge in [0.05, 0.1) is 17.3 Å². The maximum atomic E-state index is 5.46. The van der Waals surface area contributed by atoms with Gasteiger partial charge in [0.25, 0.3) is 0 Å². The lowest BCUT2D eigenvalue weighted by molar-refractivity contribution is 0.754. The Bertz CT molecular complexity index is 384. The molecule has 88 valence electrons. The van der Waals surface area contributed by atoms with Crippen molar-refractivity contribution in [2.45, 2.75) is 11.2 Å². The van der Waals surface area contributed by atoms with Crippen molar-refractivity contribution in [1.29, 1.82) is 0 Å². The molecule has 16 heavy (non-hydrogen) atoms. The van der Waals surface area contributed by atoms with Crippen molar-refractivity contribution in [3.05, 3.63) is 35.9 Å². The highest BCUT2D eigenvalue weighted by Gasteiger charge is 1.90. The summed E-state index contributed by atoms with van der Waals surface area (Å²) in [5.74, 6) is 0.501. The van der Waals surface area contributed by atoms with Crippen LogP contribution in [0.5, 0.6) is 0 Å². The number of nitrogens with zero attached hydrogens (tertiary/aromatic N) is 4. The van der Waals surface area contributed by atoms with E-state index in [2.05, 4.69) is 26.1 Å². The molecule has 0 saturated heterocycles. The lowest BCUT2D eigenvalue weighted by Gasteiger charge is -1.82. The van der Waals surface area contributed by atoms with E-state index in [1.807, 2.05) is 38.6 Å². The van der Waals surface area contributed by atoms with E-state index in [-0.39, 0.29) is 0 Å². The molecule has 2 aromatic heterocycles. The number of aryl methyl sites for hydroxylation is 2. The summed E-state index contributed by atoms with van der Waals surface area (Å²) in [5, 5.41) is 8.95. The Morgan fingerprint density at radius 3 is 1.81 bits per heavy atom. The molecule has 2 heterocycles. The molecule has 0 N–H and O–H groups in total. The first kappa shape index (κ1) is 13.3. The van der Waals surface area contributed by atoms with Crippen LogP contribution < -0.4 is 0 Å². The highest BCUT2D eigenvalue weighted by atomic mass is 79.9. The molecular weight excluding hydrogens is 291 g/mol. The van der Waals surface area contributed by atoms with E-state index in [9.17, 15) is 0 Å². The summed E-state index contributed by atoms with van der Waals surface area (Å²) in [6.07, 6.45) is 3.80. The van der Waals surface area contributed by atoms with Crippen LogP contribution in [0.1, 0.15) is 11.4 Å². The quantitative estimate of drug-likeness (QED) is 0.799. The van der Waals surface area contributed by atoms with Crippen LogP contribution in [0, 0.1) is 0 Å². The molecule has 0 bridgehead atoms. The van der Waals surface area contributed by atoms with Crippen molar-refractivity contribution in [1.82, 2.24) is 19.6 Å². The summed E-state index contributed by atoms with van der Waals surface area (Å²) in [5.41, 5.74) is 2.00. The van der Waals surface area contributed by atoms with Crippen LogP contribution in [-0.4, -0.2) is 19.6 Å². The van der Waals surface area contributed by atoms with Crippen LogP contribution in [0.15, 0.2) is 24.5 Å². The lowest BCUT2D eigenvalue weighted by atomic mass is 10.5. The van der Waals surface area contributed by atoms with Crippen molar-refractivity contribution in [3.63, 3.8) is 0 Å². The van der Waals surface area contributed by atoms with Gasteiger partial charge in [-0.15, -0.1) is 11.6 Å². The predicted octanol–water partition coefficient (Wildman–Crippen LogP) is 2.47. The zero-order chi connectivity index (χ0) is 12.0. The third-order valence-electron chi connectivity index (χ3n) is 1.81. The van der Waals surface area contributed by atoms with E-state index < -0.39 is 0 Å². The summed E-state index contributed by atoms with van der Waals surface area (Å²) in [6.45, 7) is 0. The van der Waals surface area contributed by atoms with E-state index >= 15 is 0 Å². The number of alkyl halides is 2. The van der Waals surface area contributed by atoms with Gasteiger partial charge in [-0.05, 0) is 12.1 Å². The predicted molar refractivity (Wildman–Crippen MR) is 68.6 cm³/mol. The van der Waals surface area contributed by atoms with Crippen LogP contribution in [0.2, 0.25) is 0 Å². The second-order valence-electron chi connectivity index (χ2n) is 3.23. The minimum Gasteiger partial charge on any atom is -0.276 e. The van der Waals surface area contributed by atoms with Gasteiger partial charge in [0, 0.05) is 31.8 Å². The molecule has 6 heteroatoms. The molecular formula is C10H14BrClN4. The molecule has 0 atom stereocenters. The minimum atomic E-state index is 0.501. The molecule has 0 fully saturated rings. The molecule has 0 aromatic carbocycles. The second-order valence-corrected chi connectivity index (χ2v) is 4.06.